The molecule has 1 amide bonds. The molecular weight excluding hydrogens is 440 g/mol. The van der Waals surface area contributed by atoms with Crippen molar-refractivity contribution in [2.24, 2.45) is 0 Å². The summed E-state index contributed by atoms with van der Waals surface area (Å²) in [4.78, 5) is 34.7. The van der Waals surface area contributed by atoms with Gasteiger partial charge in [-0.2, -0.15) is 0 Å². The maximum absolute atomic E-state index is 12.4. The third-order valence-corrected chi connectivity index (χ3v) is 4.62. The van der Waals surface area contributed by atoms with E-state index in [-0.39, 0.29) is 18.1 Å². The summed E-state index contributed by atoms with van der Waals surface area (Å²) in [7, 11) is 0. The summed E-state index contributed by atoms with van der Waals surface area (Å²) in [5, 5.41) is 13.4. The summed E-state index contributed by atoms with van der Waals surface area (Å²) in [6.07, 6.45) is 0. The van der Waals surface area contributed by atoms with Crippen LogP contribution >= 0.6 is 15.9 Å². The Bertz CT molecular complexity index is 1050. The second-order valence-electron chi connectivity index (χ2n) is 5.98. The maximum atomic E-state index is 12.4. The first-order chi connectivity index (χ1) is 13.9. The Morgan fingerprint density at radius 1 is 0.966 bits per heavy atom. The lowest BCUT2D eigenvalue weighted by Gasteiger charge is -2.09. The van der Waals surface area contributed by atoms with Crippen molar-refractivity contribution in [1.29, 1.82) is 0 Å². The number of ether oxygens (including phenoxy) is 1. The van der Waals surface area contributed by atoms with Crippen LogP contribution in [0.4, 0.5) is 11.4 Å². The molecule has 0 spiro atoms. The summed E-state index contributed by atoms with van der Waals surface area (Å²) in [6.45, 7) is -0.255. The van der Waals surface area contributed by atoms with Gasteiger partial charge in [0.25, 0.3) is 11.6 Å². The average Bonchev–Trinajstić information content (AvgIpc) is 2.74. The van der Waals surface area contributed by atoms with Gasteiger partial charge in [-0.15, -0.1) is 0 Å². The quantitative estimate of drug-likeness (QED) is 0.319. The fourth-order valence-corrected chi connectivity index (χ4v) is 2.98. The van der Waals surface area contributed by atoms with E-state index >= 15 is 0 Å². The Morgan fingerprint density at radius 3 is 2.24 bits per heavy atom. The zero-order valence-electron chi connectivity index (χ0n) is 15.0. The zero-order chi connectivity index (χ0) is 20.8. The van der Waals surface area contributed by atoms with E-state index < -0.39 is 10.8 Å². The lowest BCUT2D eigenvalue weighted by molar-refractivity contribution is -0.384. The van der Waals surface area contributed by atoms with Crippen LogP contribution in [-0.4, -0.2) is 23.2 Å². The van der Waals surface area contributed by atoms with Crippen LogP contribution in [0.25, 0.3) is 0 Å². The van der Waals surface area contributed by atoms with E-state index in [9.17, 15) is 19.7 Å². The molecule has 0 heterocycles. The molecule has 0 aromatic heterocycles. The molecule has 0 aliphatic rings. The number of hydrogen-bond acceptors (Lipinski definition) is 5. The SMILES string of the molecule is O=C(COc1ccc(C(=O)c2ccccc2)cc1)Nc1ccc([N+](=O)[O-])cc1Br. The highest BCUT2D eigenvalue weighted by molar-refractivity contribution is 9.10. The van der Waals surface area contributed by atoms with E-state index in [1.54, 1.807) is 48.5 Å². The molecule has 0 saturated carbocycles. The van der Waals surface area contributed by atoms with E-state index in [1.165, 1.54) is 18.2 Å². The van der Waals surface area contributed by atoms with Crippen molar-refractivity contribution in [3.63, 3.8) is 0 Å². The van der Waals surface area contributed by atoms with Crippen molar-refractivity contribution in [1.82, 2.24) is 0 Å². The number of anilines is 1. The number of carbonyl (C=O) groups excluding carboxylic acids is 2. The second-order valence-corrected chi connectivity index (χ2v) is 6.83. The molecule has 0 radical (unpaired) electrons. The highest BCUT2D eigenvalue weighted by Crippen LogP contribution is 2.27. The molecule has 0 saturated heterocycles. The number of nitro benzene ring substituents is 1. The smallest absolute Gasteiger partial charge is 0.270 e. The predicted molar refractivity (Wildman–Crippen MR) is 111 cm³/mol. The van der Waals surface area contributed by atoms with Gasteiger partial charge >= 0.3 is 0 Å². The molecule has 7 nitrogen and oxygen atoms in total. The molecule has 3 rings (SSSR count). The van der Waals surface area contributed by atoms with Gasteiger partial charge in [-0.3, -0.25) is 19.7 Å². The van der Waals surface area contributed by atoms with E-state index in [4.69, 9.17) is 4.74 Å². The van der Waals surface area contributed by atoms with Crippen LogP contribution in [0.3, 0.4) is 0 Å². The number of non-ortho nitro benzene ring substituents is 1. The van der Waals surface area contributed by atoms with Gasteiger partial charge in [-0.05, 0) is 46.3 Å². The Morgan fingerprint density at radius 2 is 1.62 bits per heavy atom. The fraction of sp³-hybridized carbons (Fsp3) is 0.0476. The van der Waals surface area contributed by atoms with Crippen LogP contribution < -0.4 is 10.1 Å². The summed E-state index contributed by atoms with van der Waals surface area (Å²) in [5.74, 6) is -0.0885. The number of ketones is 1. The Hall–Kier alpha value is -3.52. The number of halogens is 1. The topological polar surface area (TPSA) is 98.5 Å². The summed E-state index contributed by atoms with van der Waals surface area (Å²) in [6, 6.07) is 19.5. The first-order valence-corrected chi connectivity index (χ1v) is 9.30. The number of nitrogens with zero attached hydrogens (tertiary/aromatic N) is 1. The Labute approximate surface area is 174 Å². The third-order valence-electron chi connectivity index (χ3n) is 3.96. The molecule has 0 unspecified atom stereocenters. The molecule has 3 aromatic rings. The predicted octanol–water partition coefficient (Wildman–Crippen LogP) is 4.61. The minimum Gasteiger partial charge on any atom is -0.484 e. The van der Waals surface area contributed by atoms with E-state index in [0.717, 1.165) is 0 Å². The lowest BCUT2D eigenvalue weighted by atomic mass is 10.0. The normalized spacial score (nSPS) is 10.2. The lowest BCUT2D eigenvalue weighted by Crippen LogP contribution is -2.20. The highest BCUT2D eigenvalue weighted by atomic mass is 79.9. The minimum atomic E-state index is -0.522. The van der Waals surface area contributed by atoms with Gasteiger partial charge < -0.3 is 10.1 Å². The molecular formula is C21H15BrN2O5. The molecule has 0 fully saturated rings. The van der Waals surface area contributed by atoms with Crippen molar-refractivity contribution in [3.8, 4) is 5.75 Å². The Balaban J connectivity index is 1.57. The van der Waals surface area contributed by atoms with Gasteiger partial charge in [0, 0.05) is 27.7 Å². The Kier molecular flexibility index (Phi) is 6.36. The first kappa shape index (κ1) is 20.2. The van der Waals surface area contributed by atoms with Crippen molar-refractivity contribution in [3.05, 3.63) is 98.5 Å². The van der Waals surface area contributed by atoms with E-state index in [0.29, 0.717) is 27.0 Å². The summed E-state index contributed by atoms with van der Waals surface area (Å²) < 4.78 is 5.83. The van der Waals surface area contributed by atoms with Gasteiger partial charge in [0.1, 0.15) is 5.75 Å². The molecule has 0 atom stereocenters. The monoisotopic (exact) mass is 454 g/mol. The van der Waals surface area contributed by atoms with Crippen LogP contribution in [0.1, 0.15) is 15.9 Å². The summed E-state index contributed by atoms with van der Waals surface area (Å²) in [5.41, 5.74) is 1.42. The molecule has 3 aromatic carbocycles. The average molecular weight is 455 g/mol. The van der Waals surface area contributed by atoms with Gasteiger partial charge in [0.2, 0.25) is 0 Å². The molecule has 0 bridgehead atoms. The van der Waals surface area contributed by atoms with Crippen molar-refractivity contribution >= 4 is 39.0 Å². The van der Waals surface area contributed by atoms with Gasteiger partial charge in [-0.25, -0.2) is 0 Å². The number of rotatable bonds is 7. The maximum Gasteiger partial charge on any atom is 0.270 e. The summed E-state index contributed by atoms with van der Waals surface area (Å²) >= 11 is 3.19. The van der Waals surface area contributed by atoms with Crippen LogP contribution in [0.2, 0.25) is 0 Å². The van der Waals surface area contributed by atoms with Crippen LogP contribution in [0.5, 0.6) is 5.75 Å². The minimum absolute atomic E-state index is 0.0868. The standard InChI is InChI=1S/C21H15BrN2O5/c22-18-12-16(24(27)28)8-11-19(18)23-20(25)13-29-17-9-6-15(7-10-17)21(26)14-4-2-1-3-5-14/h1-12H,13H2,(H,23,25). The number of benzene rings is 3. The van der Waals surface area contributed by atoms with Gasteiger partial charge in [0.05, 0.1) is 10.6 Å². The largest absolute Gasteiger partial charge is 0.484 e. The molecule has 0 aliphatic carbocycles. The van der Waals surface area contributed by atoms with E-state index in [2.05, 4.69) is 21.2 Å². The van der Waals surface area contributed by atoms with Gasteiger partial charge in [0.15, 0.2) is 12.4 Å². The van der Waals surface area contributed by atoms with Crippen molar-refractivity contribution in [2.45, 2.75) is 0 Å². The molecule has 0 aliphatic heterocycles. The number of nitro groups is 1. The van der Waals surface area contributed by atoms with Crippen LogP contribution in [0.15, 0.2) is 77.3 Å². The molecule has 8 heteroatoms. The molecule has 29 heavy (non-hydrogen) atoms. The number of amides is 1. The highest BCUT2D eigenvalue weighted by Gasteiger charge is 2.12. The first-order valence-electron chi connectivity index (χ1n) is 8.50. The third kappa shape index (κ3) is 5.26. The number of hydrogen-bond donors (Lipinski definition) is 1. The fourth-order valence-electron chi connectivity index (χ4n) is 2.51. The number of nitrogens with one attached hydrogen (secondary N) is 1. The second kappa shape index (κ2) is 9.11. The van der Waals surface area contributed by atoms with Crippen LogP contribution in [0, 0.1) is 10.1 Å². The molecule has 146 valence electrons. The van der Waals surface area contributed by atoms with Crippen molar-refractivity contribution in [2.75, 3.05) is 11.9 Å². The zero-order valence-corrected chi connectivity index (χ0v) is 16.6. The van der Waals surface area contributed by atoms with Crippen molar-refractivity contribution < 1.29 is 19.2 Å². The molecule has 1 N–H and O–H groups in total. The van der Waals surface area contributed by atoms with Crippen LogP contribution in [-0.2, 0) is 4.79 Å². The van der Waals surface area contributed by atoms with Gasteiger partial charge in [-0.1, -0.05) is 30.3 Å². The van der Waals surface area contributed by atoms with E-state index in [1.807, 2.05) is 6.07 Å². The number of carbonyl (C=O) groups is 2.